The third kappa shape index (κ3) is 5.30. The van der Waals surface area contributed by atoms with E-state index >= 15 is 0 Å². The Labute approximate surface area is 115 Å². The molecule has 19 heavy (non-hydrogen) atoms. The number of hydrogen-bond acceptors (Lipinski definition) is 3. The fourth-order valence-electron chi connectivity index (χ4n) is 1.81. The van der Waals surface area contributed by atoms with Gasteiger partial charge in [-0.25, -0.2) is 0 Å². The maximum absolute atomic E-state index is 12.0. The van der Waals surface area contributed by atoms with Crippen LogP contribution < -0.4 is 10.1 Å². The fourth-order valence-corrected chi connectivity index (χ4v) is 1.81. The highest BCUT2D eigenvalue weighted by molar-refractivity contribution is 5.78. The standard InChI is InChI=1S/C15H24N2O2/c1-12-5-7-14(8-6-12)19-10-9-17(4)15(18)13(2)11-16-3/h5-8,13,16H,9-11H2,1-4H3. The second kappa shape index (κ2) is 7.79. The Kier molecular flexibility index (Phi) is 6.36. The molecule has 106 valence electrons. The van der Waals surface area contributed by atoms with Crippen molar-refractivity contribution in [3.05, 3.63) is 29.8 Å². The van der Waals surface area contributed by atoms with Gasteiger partial charge < -0.3 is 15.0 Å². The Morgan fingerprint density at radius 2 is 2.00 bits per heavy atom. The van der Waals surface area contributed by atoms with Crippen molar-refractivity contribution in [1.82, 2.24) is 10.2 Å². The molecule has 1 aromatic rings. The molecule has 1 N–H and O–H groups in total. The van der Waals surface area contributed by atoms with E-state index in [1.807, 2.05) is 52.2 Å². The first-order chi connectivity index (χ1) is 9.04. The molecule has 0 aromatic heterocycles. The molecule has 0 radical (unpaired) electrons. The van der Waals surface area contributed by atoms with Crippen molar-refractivity contribution in [2.75, 3.05) is 33.8 Å². The van der Waals surface area contributed by atoms with Crippen molar-refractivity contribution in [2.24, 2.45) is 5.92 Å². The van der Waals surface area contributed by atoms with E-state index in [9.17, 15) is 4.79 Å². The number of benzene rings is 1. The maximum atomic E-state index is 12.0. The van der Waals surface area contributed by atoms with Crippen LogP contribution in [0.4, 0.5) is 0 Å². The van der Waals surface area contributed by atoms with Gasteiger partial charge in [0.1, 0.15) is 12.4 Å². The van der Waals surface area contributed by atoms with Crippen LogP contribution in [0.2, 0.25) is 0 Å². The smallest absolute Gasteiger partial charge is 0.226 e. The number of nitrogens with zero attached hydrogens (tertiary/aromatic N) is 1. The summed E-state index contributed by atoms with van der Waals surface area (Å²) < 4.78 is 5.61. The van der Waals surface area contributed by atoms with Gasteiger partial charge in [0.15, 0.2) is 0 Å². The summed E-state index contributed by atoms with van der Waals surface area (Å²) in [6, 6.07) is 7.92. The maximum Gasteiger partial charge on any atom is 0.226 e. The first-order valence-corrected chi connectivity index (χ1v) is 6.63. The van der Waals surface area contributed by atoms with Gasteiger partial charge in [-0.1, -0.05) is 24.6 Å². The van der Waals surface area contributed by atoms with Crippen LogP contribution in [0.25, 0.3) is 0 Å². The lowest BCUT2D eigenvalue weighted by atomic mass is 10.1. The first kappa shape index (κ1) is 15.5. The number of likely N-dealkylation sites (N-methyl/N-ethyl adjacent to an activating group) is 1. The van der Waals surface area contributed by atoms with Crippen LogP contribution in [0.5, 0.6) is 5.75 Å². The summed E-state index contributed by atoms with van der Waals surface area (Å²) in [5.41, 5.74) is 1.21. The second-order valence-electron chi connectivity index (χ2n) is 4.88. The molecule has 1 aromatic carbocycles. The largest absolute Gasteiger partial charge is 0.492 e. The fraction of sp³-hybridized carbons (Fsp3) is 0.533. The summed E-state index contributed by atoms with van der Waals surface area (Å²) in [6.07, 6.45) is 0. The molecule has 0 saturated carbocycles. The summed E-state index contributed by atoms with van der Waals surface area (Å²) in [6.45, 7) is 5.77. The van der Waals surface area contributed by atoms with E-state index in [1.165, 1.54) is 5.56 Å². The lowest BCUT2D eigenvalue weighted by Gasteiger charge is -2.21. The number of aryl methyl sites for hydroxylation is 1. The van der Waals surface area contributed by atoms with Gasteiger partial charge in [0.2, 0.25) is 5.91 Å². The van der Waals surface area contributed by atoms with Crippen molar-refractivity contribution in [3.8, 4) is 5.75 Å². The van der Waals surface area contributed by atoms with Crippen molar-refractivity contribution in [1.29, 1.82) is 0 Å². The van der Waals surface area contributed by atoms with Crippen LogP contribution >= 0.6 is 0 Å². The molecule has 1 unspecified atom stereocenters. The molecule has 1 atom stereocenters. The molecule has 0 fully saturated rings. The van der Waals surface area contributed by atoms with Crippen molar-refractivity contribution in [2.45, 2.75) is 13.8 Å². The van der Waals surface area contributed by atoms with Gasteiger partial charge in [0.25, 0.3) is 0 Å². The summed E-state index contributed by atoms with van der Waals surface area (Å²) in [5.74, 6) is 0.978. The predicted octanol–water partition coefficient (Wildman–Crippen LogP) is 1.69. The lowest BCUT2D eigenvalue weighted by molar-refractivity contribution is -0.133. The van der Waals surface area contributed by atoms with E-state index in [0.29, 0.717) is 19.7 Å². The highest BCUT2D eigenvalue weighted by atomic mass is 16.5. The molecule has 1 amide bonds. The van der Waals surface area contributed by atoms with Crippen LogP contribution in [0.3, 0.4) is 0 Å². The van der Waals surface area contributed by atoms with Crippen molar-refractivity contribution < 1.29 is 9.53 Å². The highest BCUT2D eigenvalue weighted by Gasteiger charge is 2.16. The average molecular weight is 264 g/mol. The number of carbonyl (C=O) groups is 1. The summed E-state index contributed by atoms with van der Waals surface area (Å²) >= 11 is 0. The van der Waals surface area contributed by atoms with Gasteiger partial charge in [0.05, 0.1) is 6.54 Å². The summed E-state index contributed by atoms with van der Waals surface area (Å²) in [4.78, 5) is 13.7. The molecule has 0 spiro atoms. The van der Waals surface area contributed by atoms with Gasteiger partial charge in [-0.2, -0.15) is 0 Å². The highest BCUT2D eigenvalue weighted by Crippen LogP contribution is 2.11. The van der Waals surface area contributed by atoms with Gasteiger partial charge in [-0.05, 0) is 26.1 Å². The molecule has 0 bridgehead atoms. The SMILES string of the molecule is CNCC(C)C(=O)N(C)CCOc1ccc(C)cc1. The first-order valence-electron chi connectivity index (χ1n) is 6.63. The number of carbonyl (C=O) groups excluding carboxylic acids is 1. The van der Waals surface area contributed by atoms with Crippen LogP contribution in [0, 0.1) is 12.8 Å². The van der Waals surface area contributed by atoms with E-state index in [1.54, 1.807) is 4.90 Å². The van der Waals surface area contributed by atoms with Crippen LogP contribution in [0.15, 0.2) is 24.3 Å². The van der Waals surface area contributed by atoms with Gasteiger partial charge >= 0.3 is 0 Å². The summed E-state index contributed by atoms with van der Waals surface area (Å²) in [7, 11) is 3.66. The molecule has 0 heterocycles. The van der Waals surface area contributed by atoms with E-state index in [0.717, 1.165) is 5.75 Å². The zero-order chi connectivity index (χ0) is 14.3. The van der Waals surface area contributed by atoms with E-state index in [-0.39, 0.29) is 11.8 Å². The van der Waals surface area contributed by atoms with Gasteiger partial charge in [0, 0.05) is 19.5 Å². The molecule has 1 rings (SSSR count). The van der Waals surface area contributed by atoms with Crippen molar-refractivity contribution in [3.63, 3.8) is 0 Å². The van der Waals surface area contributed by atoms with Crippen LogP contribution in [-0.4, -0.2) is 44.6 Å². The van der Waals surface area contributed by atoms with Crippen LogP contribution in [-0.2, 0) is 4.79 Å². The number of rotatable bonds is 7. The second-order valence-corrected chi connectivity index (χ2v) is 4.88. The zero-order valence-corrected chi connectivity index (χ0v) is 12.3. The molecule has 0 aliphatic heterocycles. The minimum absolute atomic E-state index is 0.00521. The third-order valence-corrected chi connectivity index (χ3v) is 3.02. The Balaban J connectivity index is 2.32. The molecule has 0 saturated heterocycles. The van der Waals surface area contributed by atoms with Crippen molar-refractivity contribution >= 4 is 5.91 Å². The van der Waals surface area contributed by atoms with E-state index in [4.69, 9.17) is 4.74 Å². The van der Waals surface area contributed by atoms with Gasteiger partial charge in [-0.3, -0.25) is 4.79 Å². The number of ether oxygens (including phenoxy) is 1. The zero-order valence-electron chi connectivity index (χ0n) is 12.3. The lowest BCUT2D eigenvalue weighted by Crippen LogP contribution is -2.38. The Hall–Kier alpha value is -1.55. The summed E-state index contributed by atoms with van der Waals surface area (Å²) in [5, 5.41) is 3.01. The third-order valence-electron chi connectivity index (χ3n) is 3.02. The number of amides is 1. The van der Waals surface area contributed by atoms with Gasteiger partial charge in [-0.15, -0.1) is 0 Å². The monoisotopic (exact) mass is 264 g/mol. The molecule has 0 aliphatic rings. The van der Waals surface area contributed by atoms with E-state index < -0.39 is 0 Å². The minimum atomic E-state index is -0.00521. The Bertz CT molecular complexity index is 390. The Morgan fingerprint density at radius 3 is 2.58 bits per heavy atom. The average Bonchev–Trinajstić information content (AvgIpc) is 2.40. The minimum Gasteiger partial charge on any atom is -0.492 e. The molecule has 4 nitrogen and oxygen atoms in total. The Morgan fingerprint density at radius 1 is 1.37 bits per heavy atom. The topological polar surface area (TPSA) is 41.6 Å². The molecular weight excluding hydrogens is 240 g/mol. The number of nitrogens with one attached hydrogen (secondary N) is 1. The molecule has 0 aliphatic carbocycles. The molecular formula is C15H24N2O2. The molecule has 4 heteroatoms. The number of hydrogen-bond donors (Lipinski definition) is 1. The predicted molar refractivity (Wildman–Crippen MR) is 77.4 cm³/mol. The quantitative estimate of drug-likeness (QED) is 0.815. The van der Waals surface area contributed by atoms with E-state index in [2.05, 4.69) is 5.32 Å². The van der Waals surface area contributed by atoms with Crippen LogP contribution in [0.1, 0.15) is 12.5 Å². The normalized spacial score (nSPS) is 12.0.